The van der Waals surface area contributed by atoms with E-state index in [1.807, 2.05) is 0 Å². The molecule has 0 atom stereocenters. The first-order chi connectivity index (χ1) is 16.9. The zero-order valence-electron chi connectivity index (χ0n) is 17.9. The van der Waals surface area contributed by atoms with E-state index in [1.54, 1.807) is 0 Å². The van der Waals surface area contributed by atoms with Crippen molar-refractivity contribution in [3.8, 4) is 22.8 Å². The zero-order chi connectivity index (χ0) is 26.1. The molecule has 0 aliphatic carbocycles. The smallest absolute Gasteiger partial charge is 0.366 e. The maximum atomic E-state index is 13.0. The number of carbonyl (C=O) groups excluding carboxylic acids is 1. The SMILES string of the molecule is NC(=O)/C(=C\n1nc(-c2ccc(C(F)(F)F)cc2)nc1-c1ccc(C(F)(F)F)cc1)c1cncnc1. The molecule has 7 nitrogen and oxygen atoms in total. The average Bonchev–Trinajstić information content (AvgIpc) is 3.26. The van der Waals surface area contributed by atoms with Crippen molar-refractivity contribution >= 4 is 17.7 Å². The van der Waals surface area contributed by atoms with Crippen LogP contribution in [-0.2, 0) is 17.1 Å². The number of halogens is 6. The van der Waals surface area contributed by atoms with Crippen molar-refractivity contribution in [3.63, 3.8) is 0 Å². The average molecular weight is 504 g/mol. The van der Waals surface area contributed by atoms with Crippen LogP contribution in [0.25, 0.3) is 34.5 Å². The third kappa shape index (κ3) is 5.24. The van der Waals surface area contributed by atoms with Crippen molar-refractivity contribution < 1.29 is 31.1 Å². The molecule has 0 radical (unpaired) electrons. The summed E-state index contributed by atoms with van der Waals surface area (Å²) >= 11 is 0. The lowest BCUT2D eigenvalue weighted by atomic mass is 10.1. The minimum Gasteiger partial charge on any atom is -0.366 e. The largest absolute Gasteiger partial charge is 0.416 e. The minimum atomic E-state index is -4.57. The Morgan fingerprint density at radius 1 is 0.806 bits per heavy atom. The molecule has 1 amide bonds. The molecule has 0 saturated heterocycles. The fourth-order valence-electron chi connectivity index (χ4n) is 3.19. The van der Waals surface area contributed by atoms with Crippen molar-refractivity contribution in [2.75, 3.05) is 0 Å². The predicted molar refractivity (Wildman–Crippen MR) is 116 cm³/mol. The van der Waals surface area contributed by atoms with Crippen LogP contribution in [0.1, 0.15) is 16.7 Å². The lowest BCUT2D eigenvalue weighted by molar-refractivity contribution is -0.138. The fourth-order valence-corrected chi connectivity index (χ4v) is 3.19. The number of amides is 1. The molecule has 2 heterocycles. The summed E-state index contributed by atoms with van der Waals surface area (Å²) in [6.07, 6.45) is -4.07. The van der Waals surface area contributed by atoms with Gasteiger partial charge in [-0.2, -0.15) is 26.3 Å². The number of rotatable bonds is 5. The highest BCUT2D eigenvalue weighted by Crippen LogP contribution is 2.33. The van der Waals surface area contributed by atoms with E-state index >= 15 is 0 Å². The Kier molecular flexibility index (Phi) is 6.31. The summed E-state index contributed by atoms with van der Waals surface area (Å²) < 4.78 is 78.9. The van der Waals surface area contributed by atoms with Crippen LogP contribution in [0.3, 0.4) is 0 Å². The maximum Gasteiger partial charge on any atom is 0.416 e. The van der Waals surface area contributed by atoms with Gasteiger partial charge < -0.3 is 5.73 Å². The van der Waals surface area contributed by atoms with Gasteiger partial charge in [-0.3, -0.25) is 4.79 Å². The first-order valence-corrected chi connectivity index (χ1v) is 10.0. The highest BCUT2D eigenvalue weighted by molar-refractivity contribution is 6.22. The maximum absolute atomic E-state index is 13.0. The number of primary amides is 1. The molecule has 4 aromatic rings. The molecular formula is C23H14F6N6O. The van der Waals surface area contributed by atoms with Crippen LogP contribution < -0.4 is 5.73 Å². The number of aromatic nitrogens is 5. The Hall–Kier alpha value is -4.55. The number of nitrogens with zero attached hydrogens (tertiary/aromatic N) is 5. The molecule has 0 saturated carbocycles. The van der Waals surface area contributed by atoms with Crippen LogP contribution in [-0.4, -0.2) is 30.6 Å². The van der Waals surface area contributed by atoms with Crippen molar-refractivity contribution in [2.24, 2.45) is 5.73 Å². The highest BCUT2D eigenvalue weighted by Gasteiger charge is 2.31. The highest BCUT2D eigenvalue weighted by atomic mass is 19.4. The molecule has 184 valence electrons. The second kappa shape index (κ2) is 9.24. The molecule has 0 aliphatic heterocycles. The number of alkyl halides is 6. The third-order valence-electron chi connectivity index (χ3n) is 4.96. The molecule has 0 bridgehead atoms. The summed E-state index contributed by atoms with van der Waals surface area (Å²) in [6, 6.07) is 8.00. The van der Waals surface area contributed by atoms with Crippen LogP contribution in [0.5, 0.6) is 0 Å². The van der Waals surface area contributed by atoms with Crippen LogP contribution in [0.2, 0.25) is 0 Å². The Morgan fingerprint density at radius 2 is 1.31 bits per heavy atom. The van der Waals surface area contributed by atoms with Gasteiger partial charge in [0, 0.05) is 35.3 Å². The number of hydrogen-bond acceptors (Lipinski definition) is 5. The van der Waals surface area contributed by atoms with Gasteiger partial charge in [-0.05, 0) is 24.3 Å². The summed E-state index contributed by atoms with van der Waals surface area (Å²) in [4.78, 5) is 24.1. The van der Waals surface area contributed by atoms with Crippen LogP contribution in [0.4, 0.5) is 26.3 Å². The molecule has 0 aliphatic rings. The summed E-state index contributed by atoms with van der Waals surface area (Å²) in [6.45, 7) is 0. The molecule has 13 heteroatoms. The summed E-state index contributed by atoms with van der Waals surface area (Å²) in [5, 5.41) is 4.24. The van der Waals surface area contributed by atoms with E-state index in [-0.39, 0.29) is 33.9 Å². The van der Waals surface area contributed by atoms with Gasteiger partial charge in [0.15, 0.2) is 11.6 Å². The molecule has 0 fully saturated rings. The van der Waals surface area contributed by atoms with E-state index in [0.717, 1.165) is 53.2 Å². The second-order valence-corrected chi connectivity index (χ2v) is 7.39. The van der Waals surface area contributed by atoms with Gasteiger partial charge in [0.2, 0.25) is 0 Å². The molecule has 0 unspecified atom stereocenters. The number of nitrogens with two attached hydrogens (primary N) is 1. The first-order valence-electron chi connectivity index (χ1n) is 10.0. The second-order valence-electron chi connectivity index (χ2n) is 7.39. The summed E-state index contributed by atoms with van der Waals surface area (Å²) in [7, 11) is 0. The summed E-state index contributed by atoms with van der Waals surface area (Å²) in [5.41, 5.74) is 4.25. The van der Waals surface area contributed by atoms with E-state index < -0.39 is 29.4 Å². The van der Waals surface area contributed by atoms with Gasteiger partial charge in [0.25, 0.3) is 5.91 Å². The topological polar surface area (TPSA) is 99.6 Å². The third-order valence-corrected chi connectivity index (χ3v) is 4.96. The van der Waals surface area contributed by atoms with Crippen LogP contribution in [0, 0.1) is 0 Å². The van der Waals surface area contributed by atoms with Crippen LogP contribution in [0.15, 0.2) is 67.3 Å². The predicted octanol–water partition coefficient (Wildman–Crippen LogP) is 4.92. The van der Waals surface area contributed by atoms with Gasteiger partial charge in [-0.1, -0.05) is 24.3 Å². The Morgan fingerprint density at radius 3 is 1.78 bits per heavy atom. The quantitative estimate of drug-likeness (QED) is 0.307. The van der Waals surface area contributed by atoms with E-state index in [0.29, 0.717) is 0 Å². The van der Waals surface area contributed by atoms with Crippen molar-refractivity contribution in [3.05, 3.63) is 83.9 Å². The van der Waals surface area contributed by atoms with E-state index in [1.165, 1.54) is 24.9 Å². The Bertz CT molecular complexity index is 1410. The van der Waals surface area contributed by atoms with E-state index in [9.17, 15) is 31.1 Å². The fraction of sp³-hybridized carbons (Fsp3) is 0.0870. The number of benzene rings is 2. The molecule has 36 heavy (non-hydrogen) atoms. The molecule has 4 rings (SSSR count). The Labute approximate surface area is 198 Å². The van der Waals surface area contributed by atoms with Crippen molar-refractivity contribution in [1.29, 1.82) is 0 Å². The number of carbonyl (C=O) groups is 1. The molecule has 2 N–H and O–H groups in total. The standard InChI is InChI=1S/C23H14F6N6O/c24-22(25,26)16-5-1-13(2-6-16)20-33-21(14-3-7-17(8-4-14)23(27,28)29)35(34-20)11-18(19(30)36)15-9-31-12-32-10-15/h1-12H,(H2,30,36)/b18-11-. The lowest BCUT2D eigenvalue weighted by Crippen LogP contribution is -2.14. The van der Waals surface area contributed by atoms with Gasteiger partial charge in [-0.15, -0.1) is 5.10 Å². The van der Waals surface area contributed by atoms with Gasteiger partial charge >= 0.3 is 12.4 Å². The first kappa shape index (κ1) is 24.6. The zero-order valence-corrected chi connectivity index (χ0v) is 17.9. The lowest BCUT2D eigenvalue weighted by Gasteiger charge is -2.08. The minimum absolute atomic E-state index is 0.00854. The van der Waals surface area contributed by atoms with Crippen molar-refractivity contribution in [1.82, 2.24) is 24.7 Å². The van der Waals surface area contributed by atoms with Gasteiger partial charge in [0.1, 0.15) is 6.33 Å². The summed E-state index contributed by atoms with van der Waals surface area (Å²) in [5.74, 6) is -0.910. The molecular weight excluding hydrogens is 490 g/mol. The van der Waals surface area contributed by atoms with E-state index in [2.05, 4.69) is 20.1 Å². The Balaban J connectivity index is 1.86. The number of hydrogen-bond donors (Lipinski definition) is 1. The molecule has 2 aromatic carbocycles. The van der Waals surface area contributed by atoms with Gasteiger partial charge in [-0.25, -0.2) is 19.6 Å². The van der Waals surface area contributed by atoms with Crippen LogP contribution >= 0.6 is 0 Å². The monoisotopic (exact) mass is 504 g/mol. The molecule has 0 spiro atoms. The van der Waals surface area contributed by atoms with Gasteiger partial charge in [0.05, 0.1) is 16.7 Å². The normalized spacial score (nSPS) is 12.6. The van der Waals surface area contributed by atoms with E-state index in [4.69, 9.17) is 5.73 Å². The molecule has 2 aromatic heterocycles. The van der Waals surface area contributed by atoms with Crippen molar-refractivity contribution in [2.45, 2.75) is 12.4 Å².